The standard InChI is InChI=1S/C25H23BrF3N5O5S/c1-37-23-20(34-9-15(31-32-34)11-5-13(27)18(29)14(28)6-11)22-21(16(35)10-38-22)39-25(23)40-17-7-12(26)8-30-19(17)24(36)33-3-2-4-33/h5-9,16,20-23,25,35H,2-4,10H2,1H3/t16?,20?,21?,22-,23?,25-/m1/s1. The lowest BCUT2D eigenvalue weighted by Gasteiger charge is -2.43. The number of nitrogens with zero attached hydrogens (tertiary/aromatic N) is 5. The minimum Gasteiger partial charge on any atom is -0.388 e. The van der Waals surface area contributed by atoms with Crippen LogP contribution in [0.15, 0.2) is 40.0 Å². The van der Waals surface area contributed by atoms with Crippen LogP contribution in [0.1, 0.15) is 23.0 Å². The van der Waals surface area contributed by atoms with Crippen molar-refractivity contribution in [1.82, 2.24) is 24.9 Å². The Morgan fingerprint density at radius 3 is 2.62 bits per heavy atom. The minimum atomic E-state index is -1.58. The van der Waals surface area contributed by atoms with E-state index in [4.69, 9.17) is 14.2 Å². The Morgan fingerprint density at radius 1 is 1.20 bits per heavy atom. The Bertz CT molecular complexity index is 1420. The first-order valence-electron chi connectivity index (χ1n) is 12.4. The lowest BCUT2D eigenvalue weighted by Crippen LogP contribution is -2.55. The van der Waals surface area contributed by atoms with Crippen molar-refractivity contribution in [1.29, 1.82) is 0 Å². The number of amides is 1. The Morgan fingerprint density at radius 2 is 1.95 bits per heavy atom. The molecule has 1 amide bonds. The van der Waals surface area contributed by atoms with Gasteiger partial charge in [0.05, 0.1) is 12.8 Å². The van der Waals surface area contributed by atoms with Gasteiger partial charge in [0.25, 0.3) is 5.91 Å². The number of pyridine rings is 1. The summed E-state index contributed by atoms with van der Waals surface area (Å²) in [6, 6.07) is 2.75. The number of hydrogen-bond acceptors (Lipinski definition) is 9. The molecular weight excluding hydrogens is 619 g/mol. The van der Waals surface area contributed by atoms with Gasteiger partial charge in [0, 0.05) is 41.3 Å². The van der Waals surface area contributed by atoms with Crippen LogP contribution in [0, 0.1) is 17.5 Å². The van der Waals surface area contributed by atoms with E-state index in [1.165, 1.54) is 29.8 Å². The topological polar surface area (TPSA) is 112 Å². The smallest absolute Gasteiger partial charge is 0.273 e. The van der Waals surface area contributed by atoms with Crippen molar-refractivity contribution in [2.45, 2.75) is 47.2 Å². The normalized spacial score (nSPS) is 27.9. The number of aliphatic hydroxyl groups is 1. The molecule has 1 aromatic carbocycles. The molecule has 5 heterocycles. The number of aromatic nitrogens is 4. The van der Waals surface area contributed by atoms with E-state index in [1.54, 1.807) is 17.2 Å². The van der Waals surface area contributed by atoms with E-state index in [9.17, 15) is 23.1 Å². The van der Waals surface area contributed by atoms with E-state index >= 15 is 0 Å². The maximum atomic E-state index is 13.9. The van der Waals surface area contributed by atoms with Crippen LogP contribution in [0.3, 0.4) is 0 Å². The molecule has 2 aromatic heterocycles. The third kappa shape index (κ3) is 4.92. The Kier molecular flexibility index (Phi) is 7.61. The first-order valence-corrected chi connectivity index (χ1v) is 14.1. The zero-order chi connectivity index (χ0) is 28.1. The van der Waals surface area contributed by atoms with Crippen molar-refractivity contribution in [2.75, 3.05) is 26.8 Å². The summed E-state index contributed by atoms with van der Waals surface area (Å²) in [6.45, 7) is 1.33. The summed E-state index contributed by atoms with van der Waals surface area (Å²) in [5.41, 5.74) is -0.387. The largest absolute Gasteiger partial charge is 0.388 e. The third-order valence-electron chi connectivity index (χ3n) is 7.17. The SMILES string of the molecule is COC1C(n2cc(-c3cc(F)c(F)c(F)c3)nn2)[C@H]2OCC(O)C2O[C@@H]1Sc1cc(Br)cnc1C(=O)N1CCC1. The highest BCUT2D eigenvalue weighted by Crippen LogP contribution is 2.44. The number of halogens is 4. The van der Waals surface area contributed by atoms with E-state index in [-0.39, 0.29) is 29.5 Å². The van der Waals surface area contributed by atoms with Gasteiger partial charge in [-0.05, 0) is 40.5 Å². The summed E-state index contributed by atoms with van der Waals surface area (Å²) in [6.07, 6.45) is 0.784. The number of benzene rings is 1. The second-order valence-corrected chi connectivity index (χ2v) is 11.7. The van der Waals surface area contributed by atoms with Gasteiger partial charge in [-0.1, -0.05) is 17.0 Å². The number of aliphatic hydroxyl groups excluding tert-OH is 1. The molecule has 0 saturated carbocycles. The van der Waals surface area contributed by atoms with Crippen LogP contribution >= 0.6 is 27.7 Å². The van der Waals surface area contributed by atoms with Gasteiger partial charge in [0.1, 0.15) is 47.3 Å². The maximum absolute atomic E-state index is 13.9. The molecule has 15 heteroatoms. The van der Waals surface area contributed by atoms with Crippen LogP contribution < -0.4 is 0 Å². The number of methoxy groups -OCH3 is 1. The highest BCUT2D eigenvalue weighted by Gasteiger charge is 2.54. The van der Waals surface area contributed by atoms with E-state index in [2.05, 4.69) is 31.2 Å². The number of carbonyl (C=O) groups excluding carboxylic acids is 1. The highest BCUT2D eigenvalue weighted by molar-refractivity contribution is 9.10. The number of ether oxygens (including phenoxy) is 3. The fraction of sp³-hybridized carbons (Fsp3) is 0.440. The molecule has 0 radical (unpaired) electrons. The van der Waals surface area contributed by atoms with Crippen LogP contribution in [0.25, 0.3) is 11.3 Å². The number of thioether (sulfide) groups is 1. The zero-order valence-electron chi connectivity index (χ0n) is 20.9. The molecule has 10 nitrogen and oxygen atoms in total. The van der Waals surface area contributed by atoms with Crippen molar-refractivity contribution in [3.05, 3.63) is 58.2 Å². The fourth-order valence-electron chi connectivity index (χ4n) is 5.03. The van der Waals surface area contributed by atoms with Gasteiger partial charge in [-0.15, -0.1) is 5.10 Å². The summed E-state index contributed by atoms with van der Waals surface area (Å²) in [4.78, 5) is 19.7. The average molecular weight is 642 g/mol. The fourth-order valence-corrected chi connectivity index (χ4v) is 6.80. The van der Waals surface area contributed by atoms with Crippen LogP contribution in [0.4, 0.5) is 13.2 Å². The van der Waals surface area contributed by atoms with Gasteiger partial charge in [-0.3, -0.25) is 4.79 Å². The Labute approximate surface area is 238 Å². The van der Waals surface area contributed by atoms with Crippen molar-refractivity contribution in [3.63, 3.8) is 0 Å². The molecule has 212 valence electrons. The molecule has 6 rings (SSSR count). The Hall–Kier alpha value is -2.56. The summed E-state index contributed by atoms with van der Waals surface area (Å²) < 4.78 is 61.4. The molecule has 6 atom stereocenters. The van der Waals surface area contributed by atoms with Crippen molar-refractivity contribution < 1.29 is 37.3 Å². The molecule has 0 bridgehead atoms. The molecule has 3 saturated heterocycles. The van der Waals surface area contributed by atoms with Gasteiger partial charge in [0.15, 0.2) is 17.5 Å². The molecular formula is C25H23BrF3N5O5S. The first kappa shape index (κ1) is 27.6. The minimum absolute atomic E-state index is 0.00659. The van der Waals surface area contributed by atoms with Gasteiger partial charge >= 0.3 is 0 Å². The second-order valence-electron chi connectivity index (χ2n) is 9.63. The zero-order valence-corrected chi connectivity index (χ0v) is 23.3. The lowest BCUT2D eigenvalue weighted by molar-refractivity contribution is -0.170. The monoisotopic (exact) mass is 641 g/mol. The molecule has 3 aliphatic rings. The van der Waals surface area contributed by atoms with Gasteiger partial charge in [-0.2, -0.15) is 0 Å². The van der Waals surface area contributed by atoms with Gasteiger partial charge < -0.3 is 24.2 Å². The van der Waals surface area contributed by atoms with Crippen molar-refractivity contribution in [3.8, 4) is 11.3 Å². The molecule has 3 aliphatic heterocycles. The molecule has 0 aliphatic carbocycles. The van der Waals surface area contributed by atoms with Crippen LogP contribution in [0.5, 0.6) is 0 Å². The van der Waals surface area contributed by atoms with E-state index in [0.717, 1.165) is 18.6 Å². The van der Waals surface area contributed by atoms with E-state index < -0.39 is 53.3 Å². The van der Waals surface area contributed by atoms with Crippen molar-refractivity contribution >= 4 is 33.6 Å². The number of hydrogen-bond donors (Lipinski definition) is 1. The predicted octanol–water partition coefficient (Wildman–Crippen LogP) is 3.20. The van der Waals surface area contributed by atoms with Gasteiger partial charge in [0.2, 0.25) is 0 Å². The summed E-state index contributed by atoms with van der Waals surface area (Å²) in [5, 5.41) is 18.9. The number of likely N-dealkylation sites (tertiary alicyclic amines) is 1. The quantitative estimate of drug-likeness (QED) is 0.406. The number of rotatable bonds is 6. The molecule has 40 heavy (non-hydrogen) atoms. The summed E-state index contributed by atoms with van der Waals surface area (Å²) in [7, 11) is 1.48. The number of fused-ring (bicyclic) bond motifs is 1. The maximum Gasteiger partial charge on any atom is 0.273 e. The highest BCUT2D eigenvalue weighted by atomic mass is 79.9. The Balaban J connectivity index is 1.35. The van der Waals surface area contributed by atoms with Crippen LogP contribution in [-0.2, 0) is 14.2 Å². The number of carbonyl (C=O) groups is 1. The predicted molar refractivity (Wildman–Crippen MR) is 138 cm³/mol. The van der Waals surface area contributed by atoms with Crippen LogP contribution in [0.2, 0.25) is 0 Å². The molecule has 1 N–H and O–H groups in total. The van der Waals surface area contributed by atoms with Gasteiger partial charge in [-0.25, -0.2) is 22.8 Å². The van der Waals surface area contributed by atoms with Crippen molar-refractivity contribution in [2.24, 2.45) is 0 Å². The van der Waals surface area contributed by atoms with Crippen LogP contribution in [-0.4, -0.2) is 92.5 Å². The second kappa shape index (κ2) is 11.0. The third-order valence-corrected chi connectivity index (χ3v) is 8.78. The summed E-state index contributed by atoms with van der Waals surface area (Å²) in [5.74, 6) is -4.47. The summed E-state index contributed by atoms with van der Waals surface area (Å²) >= 11 is 4.64. The average Bonchev–Trinajstić information content (AvgIpc) is 3.52. The molecule has 3 fully saturated rings. The molecule has 3 aromatic rings. The van der Waals surface area contributed by atoms with E-state index in [0.29, 0.717) is 22.5 Å². The molecule has 0 spiro atoms. The van der Waals surface area contributed by atoms with E-state index in [1.807, 2.05) is 0 Å². The molecule has 4 unspecified atom stereocenters. The first-order chi connectivity index (χ1) is 19.2. The lowest BCUT2D eigenvalue weighted by atomic mass is 9.96.